The maximum absolute atomic E-state index is 12.1. The van der Waals surface area contributed by atoms with Crippen molar-refractivity contribution >= 4 is 0 Å². The molecule has 1 aromatic carbocycles. The highest BCUT2D eigenvalue weighted by Crippen LogP contribution is 2.17. The lowest BCUT2D eigenvalue weighted by Gasteiger charge is -2.18. The second kappa shape index (κ2) is 6.23. The normalized spacial score (nSPS) is 12.4. The molecular weight excluding hydrogens is 239 g/mol. The first kappa shape index (κ1) is 15.0. The molecule has 0 aromatic heterocycles. The van der Waals surface area contributed by atoms with Gasteiger partial charge in [-0.1, -0.05) is 38.1 Å². The molecule has 1 aromatic rings. The number of hydrogen-bond acceptors (Lipinski definition) is 1. The summed E-state index contributed by atoms with van der Waals surface area (Å²) in [6, 6.07) is 8.08. The number of hydrogen-bond donors (Lipinski definition) is 0. The van der Waals surface area contributed by atoms with Gasteiger partial charge in [-0.3, -0.25) is 4.90 Å². The van der Waals surface area contributed by atoms with E-state index >= 15 is 0 Å². The highest BCUT2D eigenvalue weighted by molar-refractivity contribution is 5.24. The van der Waals surface area contributed by atoms with Gasteiger partial charge in [0.15, 0.2) is 0 Å². The van der Waals surface area contributed by atoms with E-state index in [4.69, 9.17) is 0 Å². The molecule has 0 fully saturated rings. The van der Waals surface area contributed by atoms with Gasteiger partial charge in [-0.05, 0) is 30.5 Å². The number of rotatable bonds is 5. The summed E-state index contributed by atoms with van der Waals surface area (Å²) in [5, 5.41) is 0. The van der Waals surface area contributed by atoms with Crippen molar-refractivity contribution in [1.82, 2.24) is 4.90 Å². The average molecular weight is 259 g/mol. The zero-order chi connectivity index (χ0) is 13.8. The summed E-state index contributed by atoms with van der Waals surface area (Å²) in [6.45, 7) is 3.80. The fourth-order valence-corrected chi connectivity index (χ4v) is 1.77. The van der Waals surface area contributed by atoms with E-state index in [2.05, 4.69) is 13.8 Å². The minimum atomic E-state index is -4.11. The van der Waals surface area contributed by atoms with Crippen LogP contribution in [0.25, 0.3) is 0 Å². The van der Waals surface area contributed by atoms with Crippen LogP contribution in [0.2, 0.25) is 0 Å². The summed E-state index contributed by atoms with van der Waals surface area (Å²) in [5.74, 6) is 0.479. The summed E-state index contributed by atoms with van der Waals surface area (Å²) in [5.41, 5.74) is 2.33. The van der Waals surface area contributed by atoms with Gasteiger partial charge in [0.25, 0.3) is 0 Å². The average Bonchev–Trinajstić information content (AvgIpc) is 2.24. The minimum absolute atomic E-state index is 0.417. The van der Waals surface area contributed by atoms with Crippen LogP contribution in [0.15, 0.2) is 24.3 Å². The highest BCUT2D eigenvalue weighted by Gasteiger charge is 2.28. The first-order valence-electron chi connectivity index (χ1n) is 6.12. The molecule has 0 aliphatic carbocycles. The molecule has 0 bridgehead atoms. The number of alkyl halides is 3. The quantitative estimate of drug-likeness (QED) is 0.776. The largest absolute Gasteiger partial charge is 0.401 e. The number of benzene rings is 1. The Morgan fingerprint density at radius 3 is 2.11 bits per heavy atom. The summed E-state index contributed by atoms with van der Waals surface area (Å²) < 4.78 is 36.4. The Morgan fingerprint density at radius 1 is 1.11 bits per heavy atom. The van der Waals surface area contributed by atoms with E-state index in [1.165, 1.54) is 17.5 Å². The fraction of sp³-hybridized carbons (Fsp3) is 0.571. The van der Waals surface area contributed by atoms with Crippen molar-refractivity contribution in [3.63, 3.8) is 0 Å². The lowest BCUT2D eigenvalue weighted by atomic mass is 10.0. The summed E-state index contributed by atoms with van der Waals surface area (Å²) >= 11 is 0. The lowest BCUT2D eigenvalue weighted by molar-refractivity contribution is -0.142. The van der Waals surface area contributed by atoms with E-state index in [1.54, 1.807) is 0 Å². The van der Waals surface area contributed by atoms with Crippen LogP contribution in [-0.4, -0.2) is 31.2 Å². The third-order valence-corrected chi connectivity index (χ3v) is 2.88. The Hall–Kier alpha value is -1.03. The lowest BCUT2D eigenvalue weighted by Crippen LogP contribution is -2.32. The maximum Gasteiger partial charge on any atom is 0.401 e. The molecule has 0 unspecified atom stereocenters. The van der Waals surface area contributed by atoms with Gasteiger partial charge in [0.1, 0.15) is 0 Å². The van der Waals surface area contributed by atoms with Crippen molar-refractivity contribution in [1.29, 1.82) is 0 Å². The van der Waals surface area contributed by atoms with E-state index in [-0.39, 0.29) is 0 Å². The van der Waals surface area contributed by atoms with Crippen molar-refractivity contribution in [2.75, 3.05) is 20.1 Å². The van der Waals surface area contributed by atoms with Gasteiger partial charge in [0, 0.05) is 6.54 Å². The summed E-state index contributed by atoms with van der Waals surface area (Å²) in [7, 11) is 1.50. The molecule has 0 heterocycles. The maximum atomic E-state index is 12.1. The van der Waals surface area contributed by atoms with E-state index in [1.807, 2.05) is 24.3 Å². The van der Waals surface area contributed by atoms with Crippen LogP contribution in [0.4, 0.5) is 13.2 Å². The first-order chi connectivity index (χ1) is 8.28. The monoisotopic (exact) mass is 259 g/mol. The third kappa shape index (κ3) is 5.54. The Labute approximate surface area is 107 Å². The molecule has 4 heteroatoms. The molecule has 0 amide bonds. The molecule has 0 aliphatic rings. The van der Waals surface area contributed by atoms with Crippen LogP contribution in [0.1, 0.15) is 30.9 Å². The molecule has 0 spiro atoms. The zero-order valence-corrected chi connectivity index (χ0v) is 11.1. The molecule has 18 heavy (non-hydrogen) atoms. The Kier molecular flexibility index (Phi) is 5.20. The van der Waals surface area contributed by atoms with E-state index in [0.717, 1.165) is 5.56 Å². The summed E-state index contributed by atoms with van der Waals surface area (Å²) in [6.07, 6.45) is -3.47. The van der Waals surface area contributed by atoms with Crippen molar-refractivity contribution in [3.8, 4) is 0 Å². The second-order valence-corrected chi connectivity index (χ2v) is 5.00. The molecule has 0 saturated carbocycles. The first-order valence-corrected chi connectivity index (χ1v) is 6.12. The Morgan fingerprint density at radius 2 is 1.67 bits per heavy atom. The van der Waals surface area contributed by atoms with Gasteiger partial charge >= 0.3 is 6.18 Å². The van der Waals surface area contributed by atoms with Crippen LogP contribution < -0.4 is 0 Å². The van der Waals surface area contributed by atoms with Crippen molar-refractivity contribution in [2.24, 2.45) is 0 Å². The molecule has 0 atom stereocenters. The highest BCUT2D eigenvalue weighted by atomic mass is 19.4. The fourth-order valence-electron chi connectivity index (χ4n) is 1.77. The van der Waals surface area contributed by atoms with Crippen LogP contribution in [0.5, 0.6) is 0 Å². The van der Waals surface area contributed by atoms with Crippen LogP contribution >= 0.6 is 0 Å². The predicted octanol–water partition coefficient (Wildman–Crippen LogP) is 3.85. The van der Waals surface area contributed by atoms with Gasteiger partial charge in [-0.2, -0.15) is 13.2 Å². The van der Waals surface area contributed by atoms with E-state index in [9.17, 15) is 13.2 Å². The SMILES string of the molecule is CC(C)c1ccc(CCN(C)CC(F)(F)F)cc1. The van der Waals surface area contributed by atoms with Gasteiger partial charge in [0.2, 0.25) is 0 Å². The van der Waals surface area contributed by atoms with E-state index in [0.29, 0.717) is 18.9 Å². The van der Waals surface area contributed by atoms with E-state index < -0.39 is 12.7 Å². The smallest absolute Gasteiger partial charge is 0.298 e. The van der Waals surface area contributed by atoms with Crippen molar-refractivity contribution < 1.29 is 13.2 Å². The van der Waals surface area contributed by atoms with Gasteiger partial charge < -0.3 is 0 Å². The predicted molar refractivity (Wildman–Crippen MR) is 67.8 cm³/mol. The van der Waals surface area contributed by atoms with Crippen LogP contribution in [0.3, 0.4) is 0 Å². The molecular formula is C14H20F3N. The third-order valence-electron chi connectivity index (χ3n) is 2.88. The zero-order valence-electron chi connectivity index (χ0n) is 11.1. The molecule has 0 aliphatic heterocycles. The molecule has 1 rings (SSSR count). The number of halogens is 3. The Bertz CT molecular complexity index is 354. The number of nitrogens with zero attached hydrogens (tertiary/aromatic N) is 1. The molecule has 0 radical (unpaired) electrons. The standard InChI is InChI=1S/C14H20F3N/c1-11(2)13-6-4-12(5-7-13)8-9-18(3)10-14(15,16)17/h4-7,11H,8-10H2,1-3H3. The van der Waals surface area contributed by atoms with Crippen LogP contribution in [-0.2, 0) is 6.42 Å². The number of likely N-dealkylation sites (N-methyl/N-ethyl adjacent to an activating group) is 1. The topological polar surface area (TPSA) is 3.24 Å². The van der Waals surface area contributed by atoms with Gasteiger partial charge in [-0.15, -0.1) is 0 Å². The van der Waals surface area contributed by atoms with Crippen molar-refractivity contribution in [3.05, 3.63) is 35.4 Å². The molecule has 102 valence electrons. The molecule has 0 saturated heterocycles. The Balaban J connectivity index is 2.44. The summed E-state index contributed by atoms with van der Waals surface area (Å²) in [4.78, 5) is 1.30. The minimum Gasteiger partial charge on any atom is -0.298 e. The molecule has 0 N–H and O–H groups in total. The molecule has 1 nitrogen and oxygen atoms in total. The van der Waals surface area contributed by atoms with Gasteiger partial charge in [-0.25, -0.2) is 0 Å². The second-order valence-electron chi connectivity index (χ2n) is 5.00. The van der Waals surface area contributed by atoms with Crippen molar-refractivity contribution in [2.45, 2.75) is 32.4 Å². The van der Waals surface area contributed by atoms with Crippen LogP contribution in [0, 0.1) is 0 Å². The van der Waals surface area contributed by atoms with Gasteiger partial charge in [0.05, 0.1) is 6.54 Å².